The molecule has 2 aromatic rings. The molecule has 0 fully saturated rings. The van der Waals surface area contributed by atoms with Gasteiger partial charge < -0.3 is 4.74 Å². The summed E-state index contributed by atoms with van der Waals surface area (Å²) in [5.74, 6) is -0.112. The van der Waals surface area contributed by atoms with Gasteiger partial charge in [-0.05, 0) is 43.3 Å². The van der Waals surface area contributed by atoms with Crippen molar-refractivity contribution in [3.05, 3.63) is 57.0 Å². The lowest BCUT2D eigenvalue weighted by atomic mass is 10.0. The molecule has 0 N–H and O–H groups in total. The van der Waals surface area contributed by atoms with E-state index in [-0.39, 0.29) is 5.78 Å². The summed E-state index contributed by atoms with van der Waals surface area (Å²) in [7, 11) is 0. The van der Waals surface area contributed by atoms with E-state index in [1.165, 1.54) is 23.1 Å². The lowest BCUT2D eigenvalue weighted by Gasteiger charge is -2.04. The number of thiophene rings is 1. The maximum Gasteiger partial charge on any atom is 0.193 e. The molecule has 0 saturated heterocycles. The minimum absolute atomic E-state index is 0.150. The number of Topliss-reactive ketones (excluding diaryl/α,β-unsaturated/α-hetero) is 1. The van der Waals surface area contributed by atoms with E-state index < -0.39 is 5.82 Å². The number of fused-ring (bicyclic) bond motifs is 1. The fourth-order valence-corrected chi connectivity index (χ4v) is 3.05. The Balaban J connectivity index is 2.02. The minimum atomic E-state index is -0.422. The zero-order chi connectivity index (χ0) is 14.1. The summed E-state index contributed by atoms with van der Waals surface area (Å²) in [4.78, 5) is 14.7. The summed E-state index contributed by atoms with van der Waals surface area (Å²) in [6.45, 7) is 2.45. The zero-order valence-corrected chi connectivity index (χ0v) is 11.8. The first kappa shape index (κ1) is 13.1. The second-order valence-electron chi connectivity index (χ2n) is 4.69. The number of hydrogen-bond acceptors (Lipinski definition) is 3. The fraction of sp³-hybridized carbons (Fsp3) is 0.188. The van der Waals surface area contributed by atoms with Gasteiger partial charge in [-0.1, -0.05) is 0 Å². The third-order valence-electron chi connectivity index (χ3n) is 3.18. The Hall–Kier alpha value is -1.94. The largest absolute Gasteiger partial charge is 0.492 e. The van der Waals surface area contributed by atoms with E-state index in [1.54, 1.807) is 11.3 Å². The average molecular weight is 288 g/mol. The third-order valence-corrected chi connectivity index (χ3v) is 4.13. The first-order valence-corrected chi connectivity index (χ1v) is 7.19. The van der Waals surface area contributed by atoms with E-state index in [0.29, 0.717) is 29.9 Å². The molecule has 4 heteroatoms. The van der Waals surface area contributed by atoms with E-state index in [0.717, 1.165) is 4.88 Å². The Bertz CT molecular complexity index is 700. The van der Waals surface area contributed by atoms with Gasteiger partial charge in [0.2, 0.25) is 0 Å². The molecule has 3 rings (SSSR count). The van der Waals surface area contributed by atoms with Crippen molar-refractivity contribution in [2.45, 2.75) is 13.3 Å². The van der Waals surface area contributed by atoms with Gasteiger partial charge in [0, 0.05) is 21.7 Å². The number of rotatable bonds is 1. The standard InChI is InChI=1S/C16H13FO2S/c1-10-2-4-13(20-10)8-11-6-7-19-15-5-3-12(17)9-14(15)16(11)18/h2-5,8-9H,6-7H2,1H3/b11-8+. The molecule has 0 radical (unpaired) electrons. The van der Waals surface area contributed by atoms with E-state index >= 15 is 0 Å². The minimum Gasteiger partial charge on any atom is -0.492 e. The number of benzene rings is 1. The van der Waals surface area contributed by atoms with Crippen molar-refractivity contribution in [2.75, 3.05) is 6.61 Å². The van der Waals surface area contributed by atoms with Crippen LogP contribution in [0.1, 0.15) is 26.5 Å². The van der Waals surface area contributed by atoms with Gasteiger partial charge in [-0.3, -0.25) is 4.79 Å². The van der Waals surface area contributed by atoms with Crippen molar-refractivity contribution in [3.63, 3.8) is 0 Å². The molecular formula is C16H13FO2S. The smallest absolute Gasteiger partial charge is 0.193 e. The van der Waals surface area contributed by atoms with Crippen molar-refractivity contribution in [2.24, 2.45) is 0 Å². The summed E-state index contributed by atoms with van der Waals surface area (Å²) >= 11 is 1.63. The highest BCUT2D eigenvalue weighted by Gasteiger charge is 2.21. The highest BCUT2D eigenvalue weighted by atomic mass is 32.1. The number of ketones is 1. The average Bonchev–Trinajstić information content (AvgIpc) is 2.77. The molecule has 0 bridgehead atoms. The Morgan fingerprint density at radius 3 is 2.90 bits per heavy atom. The van der Waals surface area contributed by atoms with Crippen molar-refractivity contribution in [1.29, 1.82) is 0 Å². The van der Waals surface area contributed by atoms with Crippen LogP contribution in [0, 0.1) is 12.7 Å². The SMILES string of the molecule is Cc1ccc(/C=C2\CCOc3ccc(F)cc3C2=O)s1. The molecule has 0 spiro atoms. The van der Waals surface area contributed by atoms with Gasteiger partial charge >= 0.3 is 0 Å². The molecule has 20 heavy (non-hydrogen) atoms. The lowest BCUT2D eigenvalue weighted by Crippen LogP contribution is -2.02. The molecule has 1 aromatic heterocycles. The van der Waals surface area contributed by atoms with Crippen LogP contribution in [0.5, 0.6) is 5.75 Å². The summed E-state index contributed by atoms with van der Waals surface area (Å²) in [5, 5.41) is 0. The summed E-state index contributed by atoms with van der Waals surface area (Å²) in [6, 6.07) is 8.07. The van der Waals surface area contributed by atoms with Crippen LogP contribution in [-0.4, -0.2) is 12.4 Å². The molecule has 0 saturated carbocycles. The molecule has 0 amide bonds. The summed E-state index contributed by atoms with van der Waals surface area (Å²) < 4.78 is 18.9. The summed E-state index contributed by atoms with van der Waals surface area (Å²) in [5.41, 5.74) is 0.971. The van der Waals surface area contributed by atoms with Gasteiger partial charge in [0.05, 0.1) is 12.2 Å². The van der Waals surface area contributed by atoms with E-state index in [4.69, 9.17) is 4.74 Å². The Kier molecular flexibility index (Phi) is 3.40. The molecule has 1 aliphatic heterocycles. The third kappa shape index (κ3) is 2.51. The van der Waals surface area contributed by atoms with Crippen LogP contribution in [0.2, 0.25) is 0 Å². The maximum atomic E-state index is 13.3. The first-order valence-electron chi connectivity index (χ1n) is 6.37. The quantitative estimate of drug-likeness (QED) is 0.733. The second kappa shape index (κ2) is 5.21. The summed E-state index contributed by atoms with van der Waals surface area (Å²) in [6.07, 6.45) is 2.41. The van der Waals surface area contributed by atoms with Crippen LogP contribution in [0.15, 0.2) is 35.9 Å². The monoisotopic (exact) mass is 288 g/mol. The van der Waals surface area contributed by atoms with Crippen LogP contribution >= 0.6 is 11.3 Å². The van der Waals surface area contributed by atoms with Crippen molar-refractivity contribution in [3.8, 4) is 5.75 Å². The van der Waals surface area contributed by atoms with Gasteiger partial charge in [-0.15, -0.1) is 11.3 Å². The molecule has 2 heterocycles. The first-order chi connectivity index (χ1) is 9.63. The van der Waals surface area contributed by atoms with Crippen molar-refractivity contribution < 1.29 is 13.9 Å². The van der Waals surface area contributed by atoms with Crippen molar-refractivity contribution in [1.82, 2.24) is 0 Å². The Morgan fingerprint density at radius 2 is 2.15 bits per heavy atom. The van der Waals surface area contributed by atoms with Crippen LogP contribution < -0.4 is 4.74 Å². The molecule has 0 atom stereocenters. The highest BCUT2D eigenvalue weighted by molar-refractivity contribution is 7.12. The number of carbonyl (C=O) groups excluding carboxylic acids is 1. The molecule has 0 unspecified atom stereocenters. The van der Waals surface area contributed by atoms with E-state index in [1.807, 2.05) is 25.1 Å². The highest BCUT2D eigenvalue weighted by Crippen LogP contribution is 2.29. The van der Waals surface area contributed by atoms with Crippen LogP contribution in [0.4, 0.5) is 4.39 Å². The van der Waals surface area contributed by atoms with Gasteiger partial charge in [0.15, 0.2) is 5.78 Å². The number of halogens is 1. The van der Waals surface area contributed by atoms with Crippen LogP contribution in [-0.2, 0) is 0 Å². The number of hydrogen-bond donors (Lipinski definition) is 0. The lowest BCUT2D eigenvalue weighted by molar-refractivity contribution is 0.103. The number of ether oxygens (including phenoxy) is 1. The van der Waals surface area contributed by atoms with Crippen LogP contribution in [0.3, 0.4) is 0 Å². The maximum absolute atomic E-state index is 13.3. The Labute approximate surface area is 120 Å². The second-order valence-corrected chi connectivity index (χ2v) is 6.01. The molecular weight excluding hydrogens is 275 g/mol. The number of carbonyl (C=O) groups is 1. The zero-order valence-electron chi connectivity index (χ0n) is 11.0. The van der Waals surface area contributed by atoms with Gasteiger partial charge in [-0.25, -0.2) is 4.39 Å². The molecule has 1 aromatic carbocycles. The molecule has 1 aliphatic rings. The van der Waals surface area contributed by atoms with Crippen molar-refractivity contribution >= 4 is 23.2 Å². The predicted octanol–water partition coefficient (Wildman–Crippen LogP) is 4.24. The van der Waals surface area contributed by atoms with Gasteiger partial charge in [0.25, 0.3) is 0 Å². The predicted molar refractivity (Wildman–Crippen MR) is 77.9 cm³/mol. The molecule has 102 valence electrons. The van der Waals surface area contributed by atoms with E-state index in [2.05, 4.69) is 0 Å². The Morgan fingerprint density at radius 1 is 1.30 bits per heavy atom. The van der Waals surface area contributed by atoms with Crippen LogP contribution in [0.25, 0.3) is 6.08 Å². The fourth-order valence-electron chi connectivity index (χ4n) is 2.20. The molecule has 2 nitrogen and oxygen atoms in total. The molecule has 0 aliphatic carbocycles. The number of aryl methyl sites for hydroxylation is 1. The van der Waals surface area contributed by atoms with Gasteiger partial charge in [-0.2, -0.15) is 0 Å². The topological polar surface area (TPSA) is 26.3 Å². The normalized spacial score (nSPS) is 16.7. The van der Waals surface area contributed by atoms with Gasteiger partial charge in [0.1, 0.15) is 11.6 Å². The van der Waals surface area contributed by atoms with E-state index in [9.17, 15) is 9.18 Å².